The van der Waals surface area contributed by atoms with Crippen molar-refractivity contribution < 1.29 is 24.2 Å². The third kappa shape index (κ3) is 6.52. The number of hydrogen-bond donors (Lipinski definition) is 1. The summed E-state index contributed by atoms with van der Waals surface area (Å²) < 4.78 is 14.1. The Morgan fingerprint density at radius 1 is 1.06 bits per heavy atom. The van der Waals surface area contributed by atoms with Crippen molar-refractivity contribution in [3.8, 4) is 11.5 Å². The number of unbranched alkanes of at least 4 members (excludes halogenated alkanes) is 2. The Labute approximate surface area is 291 Å². The summed E-state index contributed by atoms with van der Waals surface area (Å²) in [6.07, 6.45) is 4.84. The van der Waals surface area contributed by atoms with Crippen molar-refractivity contribution in [1.82, 2.24) is 19.6 Å². The summed E-state index contributed by atoms with van der Waals surface area (Å²) in [5.41, 5.74) is 3.84. The molecule has 1 aliphatic rings. The SMILES string of the molecule is CCCCCOc1ccc(C2/C(=C(\O)c3nc4c(C)cccn4c3C)C(=O)C(=O)N2c2nnc(SCc3ccc(Cl)cc3)s2)cc1OC. The Bertz CT molecular complexity index is 2020. The number of hydrogen-bond acceptors (Lipinski definition) is 10. The van der Waals surface area contributed by atoms with Gasteiger partial charge in [0.25, 0.3) is 5.78 Å². The van der Waals surface area contributed by atoms with Gasteiger partial charge < -0.3 is 19.0 Å². The summed E-state index contributed by atoms with van der Waals surface area (Å²) in [6.45, 7) is 6.37. The number of benzene rings is 2. The highest BCUT2D eigenvalue weighted by Crippen LogP contribution is 2.46. The van der Waals surface area contributed by atoms with Crippen molar-refractivity contribution in [2.75, 3.05) is 18.6 Å². The molecule has 0 radical (unpaired) electrons. The molecule has 248 valence electrons. The van der Waals surface area contributed by atoms with Gasteiger partial charge >= 0.3 is 5.91 Å². The molecule has 48 heavy (non-hydrogen) atoms. The van der Waals surface area contributed by atoms with E-state index in [2.05, 4.69) is 17.1 Å². The molecule has 1 unspecified atom stereocenters. The molecule has 6 rings (SSSR count). The fourth-order valence-electron chi connectivity index (χ4n) is 5.61. The molecule has 1 saturated heterocycles. The number of imidazole rings is 1. The minimum absolute atomic E-state index is 0.103. The highest BCUT2D eigenvalue weighted by atomic mass is 35.5. The van der Waals surface area contributed by atoms with Gasteiger partial charge in [0, 0.05) is 17.0 Å². The Morgan fingerprint density at radius 3 is 2.58 bits per heavy atom. The number of carbonyl (C=O) groups excluding carboxylic acids is 2. The van der Waals surface area contributed by atoms with Gasteiger partial charge in [0.2, 0.25) is 5.13 Å². The number of anilines is 1. The van der Waals surface area contributed by atoms with Crippen LogP contribution in [0.1, 0.15) is 60.3 Å². The van der Waals surface area contributed by atoms with Crippen LogP contribution in [0.5, 0.6) is 11.5 Å². The second kappa shape index (κ2) is 14.4. The van der Waals surface area contributed by atoms with Gasteiger partial charge in [-0.25, -0.2) is 4.98 Å². The number of thioether (sulfide) groups is 1. The Hall–Kier alpha value is -4.39. The minimum atomic E-state index is -1.04. The van der Waals surface area contributed by atoms with Crippen molar-refractivity contribution >= 4 is 62.9 Å². The van der Waals surface area contributed by atoms with Crippen LogP contribution in [0.2, 0.25) is 5.02 Å². The number of aliphatic hydroxyl groups is 1. The Morgan fingerprint density at radius 2 is 1.85 bits per heavy atom. The van der Waals surface area contributed by atoms with Gasteiger partial charge in [-0.05, 0) is 67.3 Å². The van der Waals surface area contributed by atoms with Crippen LogP contribution < -0.4 is 14.4 Å². The van der Waals surface area contributed by atoms with Crippen molar-refractivity contribution in [1.29, 1.82) is 0 Å². The van der Waals surface area contributed by atoms with Gasteiger partial charge in [-0.2, -0.15) is 0 Å². The van der Waals surface area contributed by atoms with Gasteiger partial charge in [0.1, 0.15) is 11.3 Å². The molecule has 5 aromatic rings. The number of methoxy groups -OCH3 is 1. The number of carbonyl (C=O) groups is 2. The zero-order valence-electron chi connectivity index (χ0n) is 26.9. The van der Waals surface area contributed by atoms with Crippen molar-refractivity contribution in [3.63, 3.8) is 0 Å². The number of rotatable bonds is 12. The molecule has 0 spiro atoms. The molecular formula is C35H34ClN5O5S2. The third-order valence-corrected chi connectivity index (χ3v) is 10.5. The monoisotopic (exact) mass is 703 g/mol. The maximum absolute atomic E-state index is 13.9. The van der Waals surface area contributed by atoms with Gasteiger partial charge in [0.15, 0.2) is 21.6 Å². The highest BCUT2D eigenvalue weighted by molar-refractivity contribution is 8.00. The first kappa shape index (κ1) is 33.5. The molecular weight excluding hydrogens is 670 g/mol. The van der Waals surface area contributed by atoms with Crippen molar-refractivity contribution in [3.05, 3.63) is 99.5 Å². The lowest BCUT2D eigenvalue weighted by Gasteiger charge is -2.23. The fraction of sp³-hybridized carbons (Fsp3) is 0.286. The molecule has 1 fully saturated rings. The average molecular weight is 704 g/mol. The Kier molecular flexibility index (Phi) is 10.0. The second-order valence-electron chi connectivity index (χ2n) is 11.3. The lowest BCUT2D eigenvalue weighted by atomic mass is 9.96. The van der Waals surface area contributed by atoms with Crippen molar-refractivity contribution in [2.24, 2.45) is 0 Å². The molecule has 1 atom stereocenters. The molecule has 0 aliphatic carbocycles. The highest BCUT2D eigenvalue weighted by Gasteiger charge is 2.49. The van der Waals surface area contributed by atoms with E-state index in [9.17, 15) is 14.7 Å². The average Bonchev–Trinajstić information content (AvgIpc) is 3.77. The number of fused-ring (bicyclic) bond motifs is 1. The largest absolute Gasteiger partial charge is 0.505 e. The second-order valence-corrected chi connectivity index (χ2v) is 13.9. The first-order chi connectivity index (χ1) is 23.2. The Balaban J connectivity index is 1.43. The van der Waals surface area contributed by atoms with E-state index in [0.717, 1.165) is 30.4 Å². The number of aromatic nitrogens is 4. The molecule has 4 heterocycles. The molecule has 10 nitrogen and oxygen atoms in total. The van der Waals surface area contributed by atoms with Crippen LogP contribution in [-0.4, -0.2) is 50.1 Å². The number of aliphatic hydroxyl groups excluding tert-OH is 1. The van der Waals surface area contributed by atoms with E-state index in [1.807, 2.05) is 60.8 Å². The number of aryl methyl sites for hydroxylation is 2. The summed E-state index contributed by atoms with van der Waals surface area (Å²) in [6, 6.07) is 15.5. The fourth-order valence-corrected chi connectivity index (χ4v) is 7.56. The summed E-state index contributed by atoms with van der Waals surface area (Å²) in [4.78, 5) is 33.7. The number of amides is 1. The van der Waals surface area contributed by atoms with Gasteiger partial charge in [-0.1, -0.05) is 78.7 Å². The summed E-state index contributed by atoms with van der Waals surface area (Å²) in [5, 5.41) is 21.4. The van der Waals surface area contributed by atoms with Crippen LogP contribution in [0.15, 0.2) is 70.7 Å². The van der Waals surface area contributed by atoms with Crippen LogP contribution >= 0.6 is 34.7 Å². The first-order valence-corrected chi connectivity index (χ1v) is 17.7. The van der Waals surface area contributed by atoms with Gasteiger partial charge in [-0.3, -0.25) is 14.5 Å². The maximum Gasteiger partial charge on any atom is 0.301 e. The lowest BCUT2D eigenvalue weighted by Crippen LogP contribution is -2.29. The molecule has 13 heteroatoms. The summed E-state index contributed by atoms with van der Waals surface area (Å²) in [7, 11) is 1.53. The molecule has 1 N–H and O–H groups in total. The molecule has 2 aromatic carbocycles. The van der Waals surface area contributed by atoms with E-state index in [1.54, 1.807) is 18.2 Å². The number of pyridine rings is 1. The number of halogens is 1. The summed E-state index contributed by atoms with van der Waals surface area (Å²) in [5.74, 6) is -0.471. The predicted octanol–water partition coefficient (Wildman–Crippen LogP) is 7.95. The summed E-state index contributed by atoms with van der Waals surface area (Å²) >= 11 is 8.68. The topological polar surface area (TPSA) is 119 Å². The zero-order valence-corrected chi connectivity index (χ0v) is 29.3. The van der Waals surface area contributed by atoms with E-state index in [4.69, 9.17) is 26.1 Å². The van der Waals surface area contributed by atoms with Crippen LogP contribution in [-0.2, 0) is 15.3 Å². The quantitative estimate of drug-likeness (QED) is 0.0345. The van der Waals surface area contributed by atoms with E-state index >= 15 is 0 Å². The van der Waals surface area contributed by atoms with E-state index in [0.29, 0.717) is 50.1 Å². The number of Topliss-reactive ketones (excluding diaryl/α,β-unsaturated/α-hetero) is 1. The standard InChI is InChI=1S/C35H34ClN5O5S2/c1-5-6-7-17-46-25-15-12-23(18-26(25)45-4)29-27(30(42)28-21(3)40-16-8-9-20(2)32(40)37-28)31(43)33(44)41(29)34-38-39-35(48-34)47-19-22-10-13-24(36)14-11-22/h8-16,18,29,42H,5-7,17,19H2,1-4H3/b30-27+. The van der Waals surface area contributed by atoms with Crippen molar-refractivity contribution in [2.45, 2.75) is 56.2 Å². The van der Waals surface area contributed by atoms with E-state index in [1.165, 1.54) is 35.1 Å². The number of ether oxygens (including phenoxy) is 2. The molecule has 0 saturated carbocycles. The van der Waals surface area contributed by atoms with Gasteiger partial charge in [0.05, 0.1) is 31.0 Å². The maximum atomic E-state index is 13.9. The minimum Gasteiger partial charge on any atom is -0.505 e. The molecule has 3 aromatic heterocycles. The zero-order chi connectivity index (χ0) is 33.9. The normalized spacial score (nSPS) is 15.9. The van der Waals surface area contributed by atoms with Crippen LogP contribution in [0.25, 0.3) is 11.4 Å². The molecule has 1 aliphatic heterocycles. The lowest BCUT2D eigenvalue weighted by molar-refractivity contribution is -0.132. The first-order valence-electron chi connectivity index (χ1n) is 15.5. The van der Waals surface area contributed by atoms with Crippen LogP contribution in [0.3, 0.4) is 0 Å². The van der Waals surface area contributed by atoms with E-state index in [-0.39, 0.29) is 22.2 Å². The molecule has 1 amide bonds. The number of nitrogens with zero attached hydrogens (tertiary/aromatic N) is 5. The third-order valence-electron chi connectivity index (χ3n) is 8.14. The predicted molar refractivity (Wildman–Crippen MR) is 188 cm³/mol. The smallest absolute Gasteiger partial charge is 0.301 e. The van der Waals surface area contributed by atoms with Gasteiger partial charge in [-0.15, -0.1) is 10.2 Å². The van der Waals surface area contributed by atoms with Crippen LogP contribution in [0, 0.1) is 13.8 Å². The van der Waals surface area contributed by atoms with E-state index < -0.39 is 17.7 Å². The number of ketones is 1. The molecule has 0 bridgehead atoms. The van der Waals surface area contributed by atoms with Crippen LogP contribution in [0.4, 0.5) is 5.13 Å².